The van der Waals surface area contributed by atoms with E-state index >= 15 is 0 Å². The number of nitrogens with one attached hydrogen (secondary N) is 1. The van der Waals surface area contributed by atoms with Gasteiger partial charge in [0.05, 0.1) is 17.5 Å². The Labute approximate surface area is 204 Å². The molecule has 4 heterocycles. The van der Waals surface area contributed by atoms with Crippen molar-refractivity contribution in [3.05, 3.63) is 59.7 Å². The fourth-order valence-electron chi connectivity index (χ4n) is 4.91. The molecule has 2 fully saturated rings. The Morgan fingerprint density at radius 2 is 2.00 bits per heavy atom. The molecule has 0 saturated carbocycles. The lowest BCUT2D eigenvalue weighted by atomic mass is 10.0. The van der Waals surface area contributed by atoms with Crippen LogP contribution in [0.3, 0.4) is 0 Å². The Morgan fingerprint density at radius 1 is 1.17 bits per heavy atom. The predicted molar refractivity (Wildman–Crippen MR) is 130 cm³/mol. The van der Waals surface area contributed by atoms with E-state index in [4.69, 9.17) is 5.10 Å². The molecule has 5 rings (SSSR count). The highest BCUT2D eigenvalue weighted by molar-refractivity contribution is 7.89. The van der Waals surface area contributed by atoms with Gasteiger partial charge in [0.25, 0.3) is 5.91 Å². The van der Waals surface area contributed by atoms with Gasteiger partial charge in [0, 0.05) is 25.7 Å². The van der Waals surface area contributed by atoms with E-state index in [2.05, 4.69) is 15.2 Å². The smallest absolute Gasteiger partial charge is 0.271 e. The van der Waals surface area contributed by atoms with Crippen LogP contribution >= 0.6 is 0 Å². The second-order valence-electron chi connectivity index (χ2n) is 9.42. The first-order valence-corrected chi connectivity index (χ1v) is 13.4. The van der Waals surface area contributed by atoms with Crippen LogP contribution in [0.2, 0.25) is 0 Å². The van der Waals surface area contributed by atoms with E-state index in [1.165, 1.54) is 21.1 Å². The first-order chi connectivity index (χ1) is 16.7. The third-order valence-electron chi connectivity index (χ3n) is 6.80. The Kier molecular flexibility index (Phi) is 6.22. The minimum Gasteiger partial charge on any atom is -0.348 e. The lowest BCUT2D eigenvalue weighted by molar-refractivity contribution is 0.0932. The van der Waals surface area contributed by atoms with Crippen LogP contribution in [0, 0.1) is 5.82 Å². The maximum absolute atomic E-state index is 13.8. The van der Waals surface area contributed by atoms with Gasteiger partial charge >= 0.3 is 0 Å². The monoisotopic (exact) mass is 500 g/mol. The molecular weight excluding hydrogens is 471 g/mol. The van der Waals surface area contributed by atoms with Gasteiger partial charge in [0.1, 0.15) is 11.6 Å². The van der Waals surface area contributed by atoms with Crippen molar-refractivity contribution in [2.24, 2.45) is 0 Å². The Hall–Kier alpha value is -3.05. The molecule has 2 atom stereocenters. The molecule has 2 aromatic heterocycles. The van der Waals surface area contributed by atoms with E-state index in [0.717, 1.165) is 24.9 Å². The summed E-state index contributed by atoms with van der Waals surface area (Å²) in [5.41, 5.74) is 1.72. The summed E-state index contributed by atoms with van der Waals surface area (Å²) in [7, 11) is -3.36. The largest absolute Gasteiger partial charge is 0.348 e. The quantitative estimate of drug-likeness (QED) is 0.559. The van der Waals surface area contributed by atoms with E-state index in [1.54, 1.807) is 26.0 Å². The van der Waals surface area contributed by atoms with Crippen LogP contribution in [-0.4, -0.2) is 64.2 Å². The van der Waals surface area contributed by atoms with Crippen LogP contribution in [0.4, 0.5) is 10.2 Å². The molecule has 2 aliphatic heterocycles. The zero-order valence-electron chi connectivity index (χ0n) is 19.8. The van der Waals surface area contributed by atoms with Gasteiger partial charge in [-0.3, -0.25) is 4.79 Å². The number of aromatic nitrogens is 3. The summed E-state index contributed by atoms with van der Waals surface area (Å²) in [4.78, 5) is 19.5. The van der Waals surface area contributed by atoms with Gasteiger partial charge in [-0.25, -0.2) is 22.3 Å². The molecule has 2 saturated heterocycles. The molecule has 1 N–H and O–H groups in total. The predicted octanol–water partition coefficient (Wildman–Crippen LogP) is 2.75. The summed E-state index contributed by atoms with van der Waals surface area (Å²) < 4.78 is 41.7. The standard InChI is InChI=1S/C24H29FN6O3S/c1-16(2)35(33,34)29-12-10-19(15-29)27-24(32)21-14-26-22-8-9-23(28-31(21)22)30-11-4-7-20(30)17-5-3-6-18(25)13-17/h3,5-6,8-9,13-14,16,19-20H,4,7,10-12,15H2,1-2H3,(H,27,32)/t19-,20+/m0/s1. The van der Waals surface area contributed by atoms with E-state index in [1.807, 2.05) is 18.2 Å². The van der Waals surface area contributed by atoms with Gasteiger partial charge in [-0.1, -0.05) is 12.1 Å². The number of rotatable bonds is 6. The summed E-state index contributed by atoms with van der Waals surface area (Å²) in [6.45, 7) is 4.73. The lowest BCUT2D eigenvalue weighted by Gasteiger charge is -2.26. The molecule has 0 bridgehead atoms. The van der Waals surface area contributed by atoms with Crippen molar-refractivity contribution in [3.8, 4) is 0 Å². The van der Waals surface area contributed by atoms with E-state index < -0.39 is 15.3 Å². The number of carbonyl (C=O) groups excluding carboxylic acids is 1. The second kappa shape index (κ2) is 9.19. The number of imidazole rings is 1. The number of benzene rings is 1. The van der Waals surface area contributed by atoms with Crippen LogP contribution in [0.15, 0.2) is 42.6 Å². The number of fused-ring (bicyclic) bond motifs is 1. The van der Waals surface area contributed by atoms with Gasteiger partial charge in [-0.2, -0.15) is 4.31 Å². The minimum atomic E-state index is -3.36. The van der Waals surface area contributed by atoms with Crippen molar-refractivity contribution >= 4 is 27.4 Å². The number of nitrogens with zero attached hydrogens (tertiary/aromatic N) is 5. The summed E-state index contributed by atoms with van der Waals surface area (Å²) >= 11 is 0. The van der Waals surface area contributed by atoms with Gasteiger partial charge in [-0.15, -0.1) is 5.10 Å². The first kappa shape index (κ1) is 23.7. The molecular formula is C24H29FN6O3S. The maximum Gasteiger partial charge on any atom is 0.271 e. The Bertz CT molecular complexity index is 1360. The number of anilines is 1. The van der Waals surface area contributed by atoms with Crippen LogP contribution < -0.4 is 10.2 Å². The van der Waals surface area contributed by atoms with Gasteiger partial charge < -0.3 is 10.2 Å². The molecule has 1 aromatic carbocycles. The summed E-state index contributed by atoms with van der Waals surface area (Å²) in [6, 6.07) is 10.0. The second-order valence-corrected chi connectivity index (χ2v) is 11.9. The average molecular weight is 501 g/mol. The van der Waals surface area contributed by atoms with Gasteiger partial charge in [0.15, 0.2) is 11.3 Å². The lowest BCUT2D eigenvalue weighted by Crippen LogP contribution is -2.40. The van der Waals surface area contributed by atoms with Crippen molar-refractivity contribution in [1.29, 1.82) is 0 Å². The van der Waals surface area contributed by atoms with Crippen molar-refractivity contribution < 1.29 is 17.6 Å². The van der Waals surface area contributed by atoms with Crippen molar-refractivity contribution in [1.82, 2.24) is 24.2 Å². The fraction of sp³-hybridized carbons (Fsp3) is 0.458. The first-order valence-electron chi connectivity index (χ1n) is 11.9. The molecule has 35 heavy (non-hydrogen) atoms. The molecule has 0 spiro atoms. The van der Waals surface area contributed by atoms with Crippen LogP contribution in [0.5, 0.6) is 0 Å². The average Bonchev–Trinajstić information content (AvgIpc) is 3.57. The minimum absolute atomic E-state index is 0.00354. The highest BCUT2D eigenvalue weighted by Crippen LogP contribution is 2.35. The topological polar surface area (TPSA) is 99.9 Å². The van der Waals surface area contributed by atoms with E-state index in [0.29, 0.717) is 24.4 Å². The number of sulfonamides is 1. The molecule has 9 nitrogen and oxygen atoms in total. The maximum atomic E-state index is 13.8. The molecule has 0 radical (unpaired) electrons. The van der Waals surface area contributed by atoms with Crippen LogP contribution in [-0.2, 0) is 10.0 Å². The van der Waals surface area contributed by atoms with E-state index in [-0.39, 0.29) is 36.0 Å². The highest BCUT2D eigenvalue weighted by Gasteiger charge is 2.34. The SMILES string of the molecule is CC(C)S(=O)(=O)N1CC[C@H](NC(=O)c2cnc3ccc(N4CCC[C@@H]4c4cccc(F)c4)nn23)C1. The van der Waals surface area contributed by atoms with Crippen molar-refractivity contribution in [2.75, 3.05) is 24.5 Å². The third-order valence-corrected chi connectivity index (χ3v) is 9.05. The molecule has 0 unspecified atom stereocenters. The highest BCUT2D eigenvalue weighted by atomic mass is 32.2. The number of hydrogen-bond donors (Lipinski definition) is 1. The molecule has 11 heteroatoms. The molecule has 3 aromatic rings. The number of halogens is 1. The van der Waals surface area contributed by atoms with Gasteiger partial charge in [-0.05, 0) is 62.9 Å². The van der Waals surface area contributed by atoms with Gasteiger partial charge in [0.2, 0.25) is 10.0 Å². The van der Waals surface area contributed by atoms with Crippen molar-refractivity contribution in [2.45, 2.75) is 50.4 Å². The number of hydrogen-bond acceptors (Lipinski definition) is 6. The summed E-state index contributed by atoms with van der Waals surface area (Å²) in [6.07, 6.45) is 3.87. The number of amides is 1. The van der Waals surface area contributed by atoms with Crippen LogP contribution in [0.25, 0.3) is 5.65 Å². The zero-order chi connectivity index (χ0) is 24.7. The molecule has 1 amide bonds. The zero-order valence-corrected chi connectivity index (χ0v) is 20.6. The molecule has 0 aliphatic carbocycles. The molecule has 2 aliphatic rings. The van der Waals surface area contributed by atoms with Crippen molar-refractivity contribution in [3.63, 3.8) is 0 Å². The third kappa shape index (κ3) is 4.50. The molecule has 186 valence electrons. The summed E-state index contributed by atoms with van der Waals surface area (Å²) in [5, 5.41) is 7.15. The van der Waals surface area contributed by atoms with Crippen LogP contribution in [0.1, 0.15) is 55.2 Å². The normalized spacial score (nSPS) is 21.3. The number of carbonyl (C=O) groups is 1. The Morgan fingerprint density at radius 3 is 2.77 bits per heavy atom. The summed E-state index contributed by atoms with van der Waals surface area (Å²) in [5.74, 6) is 0.0726. The fourth-order valence-corrected chi connectivity index (χ4v) is 6.25. The Balaban J connectivity index is 1.36. The van der Waals surface area contributed by atoms with E-state index in [9.17, 15) is 17.6 Å².